The average Bonchev–Trinajstić information content (AvgIpc) is 2.22. The third kappa shape index (κ3) is 4.07. The van der Waals surface area contributed by atoms with E-state index in [0.29, 0.717) is 6.61 Å². The number of rotatable bonds is 6. The fraction of sp³-hybridized carbons (Fsp3) is 0.900. The summed E-state index contributed by atoms with van der Waals surface area (Å²) in [4.78, 5) is 13.2. The van der Waals surface area contributed by atoms with E-state index in [0.717, 1.165) is 6.42 Å². The first-order valence-corrected chi connectivity index (χ1v) is 5.04. The number of carbonyl (C=O) groups excluding carboxylic acids is 1. The van der Waals surface area contributed by atoms with Gasteiger partial charge in [-0.15, -0.1) is 0 Å². The molecule has 4 nitrogen and oxygen atoms in total. The zero-order valence-electron chi connectivity index (χ0n) is 9.49. The fourth-order valence-corrected chi connectivity index (χ4v) is 1.00. The number of aliphatic hydroxyl groups excluding tert-OH is 1. The maximum atomic E-state index is 11.4. The molecule has 0 rings (SSSR count). The molecule has 0 aromatic heterocycles. The summed E-state index contributed by atoms with van der Waals surface area (Å²) >= 11 is 0. The number of esters is 1. The standard InChI is InChI=1S/C10H21NO3/c1-5-6-14-10(13)9(3)11(4)8(2)7-12/h8-9,12H,5-7H2,1-4H3. The molecule has 0 aromatic carbocycles. The summed E-state index contributed by atoms with van der Waals surface area (Å²) in [5, 5.41) is 8.92. The number of nitrogens with zero attached hydrogens (tertiary/aromatic N) is 1. The molecule has 0 aliphatic carbocycles. The van der Waals surface area contributed by atoms with Crippen LogP contribution in [0.15, 0.2) is 0 Å². The Morgan fingerprint density at radius 3 is 2.50 bits per heavy atom. The molecule has 0 aromatic rings. The Balaban J connectivity index is 4.03. The lowest BCUT2D eigenvalue weighted by Gasteiger charge is -2.27. The summed E-state index contributed by atoms with van der Waals surface area (Å²) in [6.07, 6.45) is 0.831. The van der Waals surface area contributed by atoms with Gasteiger partial charge < -0.3 is 9.84 Å². The molecule has 0 radical (unpaired) electrons. The summed E-state index contributed by atoms with van der Waals surface area (Å²) in [6.45, 7) is 6.11. The van der Waals surface area contributed by atoms with E-state index in [4.69, 9.17) is 9.84 Å². The van der Waals surface area contributed by atoms with E-state index in [2.05, 4.69) is 0 Å². The van der Waals surface area contributed by atoms with Crippen LogP contribution in [0, 0.1) is 0 Å². The summed E-state index contributed by atoms with van der Waals surface area (Å²) in [5.74, 6) is -0.227. The molecule has 0 fully saturated rings. The fourth-order valence-electron chi connectivity index (χ4n) is 1.00. The molecule has 1 N–H and O–H groups in total. The lowest BCUT2D eigenvalue weighted by Crippen LogP contribution is -2.44. The zero-order chi connectivity index (χ0) is 11.1. The molecule has 0 aliphatic heterocycles. The van der Waals surface area contributed by atoms with E-state index in [1.807, 2.05) is 13.8 Å². The molecule has 84 valence electrons. The van der Waals surface area contributed by atoms with Crippen LogP contribution in [0.3, 0.4) is 0 Å². The summed E-state index contributed by atoms with van der Waals surface area (Å²) in [7, 11) is 1.80. The molecule has 0 spiro atoms. The van der Waals surface area contributed by atoms with E-state index in [1.54, 1.807) is 18.9 Å². The minimum absolute atomic E-state index is 0.0285. The quantitative estimate of drug-likeness (QED) is 0.644. The van der Waals surface area contributed by atoms with Gasteiger partial charge in [-0.05, 0) is 27.3 Å². The van der Waals surface area contributed by atoms with E-state index >= 15 is 0 Å². The third-order valence-electron chi connectivity index (χ3n) is 2.36. The topological polar surface area (TPSA) is 49.8 Å². The molecule has 2 unspecified atom stereocenters. The summed E-state index contributed by atoms with van der Waals surface area (Å²) < 4.78 is 5.01. The van der Waals surface area contributed by atoms with Gasteiger partial charge in [0, 0.05) is 6.04 Å². The van der Waals surface area contributed by atoms with Crippen LogP contribution < -0.4 is 0 Å². The Morgan fingerprint density at radius 2 is 2.07 bits per heavy atom. The van der Waals surface area contributed by atoms with Gasteiger partial charge in [0.05, 0.1) is 13.2 Å². The predicted molar refractivity (Wildman–Crippen MR) is 55.0 cm³/mol. The van der Waals surface area contributed by atoms with Crippen molar-refractivity contribution in [1.82, 2.24) is 4.90 Å². The SMILES string of the molecule is CCCOC(=O)C(C)N(C)C(C)CO. The van der Waals surface area contributed by atoms with Crippen molar-refractivity contribution >= 4 is 5.97 Å². The Labute approximate surface area is 85.9 Å². The summed E-state index contributed by atoms with van der Waals surface area (Å²) in [5.41, 5.74) is 0. The minimum Gasteiger partial charge on any atom is -0.465 e. The van der Waals surface area contributed by atoms with Crippen LogP contribution in [-0.4, -0.2) is 48.3 Å². The molecular weight excluding hydrogens is 182 g/mol. The second-order valence-corrected chi connectivity index (χ2v) is 3.54. The number of hydrogen-bond acceptors (Lipinski definition) is 4. The third-order valence-corrected chi connectivity index (χ3v) is 2.36. The van der Waals surface area contributed by atoms with Crippen LogP contribution >= 0.6 is 0 Å². The van der Waals surface area contributed by atoms with Gasteiger partial charge in [-0.1, -0.05) is 6.92 Å². The first-order valence-electron chi connectivity index (χ1n) is 5.04. The Morgan fingerprint density at radius 1 is 1.50 bits per heavy atom. The van der Waals surface area contributed by atoms with Crippen molar-refractivity contribution in [3.63, 3.8) is 0 Å². The van der Waals surface area contributed by atoms with Gasteiger partial charge in [0.15, 0.2) is 0 Å². The number of ether oxygens (including phenoxy) is 1. The average molecular weight is 203 g/mol. The van der Waals surface area contributed by atoms with E-state index in [9.17, 15) is 4.79 Å². The Hall–Kier alpha value is -0.610. The van der Waals surface area contributed by atoms with Crippen LogP contribution in [0.5, 0.6) is 0 Å². The number of hydrogen-bond donors (Lipinski definition) is 1. The molecule has 2 atom stereocenters. The van der Waals surface area contributed by atoms with E-state index in [-0.39, 0.29) is 24.7 Å². The predicted octanol–water partition coefficient (Wildman–Crippen LogP) is 0.641. The largest absolute Gasteiger partial charge is 0.465 e. The van der Waals surface area contributed by atoms with E-state index in [1.165, 1.54) is 0 Å². The van der Waals surface area contributed by atoms with Crippen LogP contribution in [0.4, 0.5) is 0 Å². The highest BCUT2D eigenvalue weighted by Crippen LogP contribution is 2.04. The molecule has 0 bridgehead atoms. The Bertz CT molecular complexity index is 173. The van der Waals surface area contributed by atoms with Crippen LogP contribution in [0.25, 0.3) is 0 Å². The van der Waals surface area contributed by atoms with Crippen molar-refractivity contribution in [3.05, 3.63) is 0 Å². The van der Waals surface area contributed by atoms with Gasteiger partial charge in [0.2, 0.25) is 0 Å². The van der Waals surface area contributed by atoms with Crippen LogP contribution in [0.2, 0.25) is 0 Å². The van der Waals surface area contributed by atoms with E-state index < -0.39 is 0 Å². The van der Waals surface area contributed by atoms with Crippen LogP contribution in [-0.2, 0) is 9.53 Å². The molecular formula is C10H21NO3. The lowest BCUT2D eigenvalue weighted by atomic mass is 10.2. The molecule has 0 aliphatic rings. The summed E-state index contributed by atoms with van der Waals surface area (Å²) in [6, 6.07) is -0.331. The zero-order valence-corrected chi connectivity index (χ0v) is 9.49. The van der Waals surface area contributed by atoms with Gasteiger partial charge in [0.25, 0.3) is 0 Å². The Kier molecular flexibility index (Phi) is 6.49. The highest BCUT2D eigenvalue weighted by atomic mass is 16.5. The smallest absolute Gasteiger partial charge is 0.323 e. The van der Waals surface area contributed by atoms with Crippen molar-refractivity contribution in [2.45, 2.75) is 39.3 Å². The van der Waals surface area contributed by atoms with Gasteiger partial charge in [0.1, 0.15) is 6.04 Å². The number of likely N-dealkylation sites (N-methyl/N-ethyl adjacent to an activating group) is 1. The molecule has 14 heavy (non-hydrogen) atoms. The monoisotopic (exact) mass is 203 g/mol. The lowest BCUT2D eigenvalue weighted by molar-refractivity contribution is -0.149. The van der Waals surface area contributed by atoms with Crippen LogP contribution in [0.1, 0.15) is 27.2 Å². The van der Waals surface area contributed by atoms with Crippen molar-refractivity contribution in [2.75, 3.05) is 20.3 Å². The second kappa shape index (κ2) is 6.79. The second-order valence-electron chi connectivity index (χ2n) is 3.54. The van der Waals surface area contributed by atoms with Gasteiger partial charge >= 0.3 is 5.97 Å². The first-order chi connectivity index (χ1) is 6.54. The minimum atomic E-state index is -0.302. The van der Waals surface area contributed by atoms with Crippen molar-refractivity contribution < 1.29 is 14.6 Å². The molecule has 0 heterocycles. The maximum Gasteiger partial charge on any atom is 0.323 e. The normalized spacial score (nSPS) is 15.3. The maximum absolute atomic E-state index is 11.4. The molecule has 4 heteroatoms. The van der Waals surface area contributed by atoms with Gasteiger partial charge in [-0.3, -0.25) is 9.69 Å². The van der Waals surface area contributed by atoms with Gasteiger partial charge in [-0.25, -0.2) is 0 Å². The van der Waals surface area contributed by atoms with Crippen molar-refractivity contribution in [3.8, 4) is 0 Å². The molecule has 0 saturated carbocycles. The number of carbonyl (C=O) groups is 1. The number of aliphatic hydroxyl groups is 1. The molecule has 0 amide bonds. The molecule has 0 saturated heterocycles. The highest BCUT2D eigenvalue weighted by molar-refractivity contribution is 5.75. The van der Waals surface area contributed by atoms with Crippen molar-refractivity contribution in [2.24, 2.45) is 0 Å². The van der Waals surface area contributed by atoms with Crippen molar-refractivity contribution in [1.29, 1.82) is 0 Å². The first kappa shape index (κ1) is 13.4. The van der Waals surface area contributed by atoms with Gasteiger partial charge in [-0.2, -0.15) is 0 Å². The highest BCUT2D eigenvalue weighted by Gasteiger charge is 2.22.